The minimum atomic E-state index is -3.22. The summed E-state index contributed by atoms with van der Waals surface area (Å²) in [6.45, 7) is -2.22. The predicted molar refractivity (Wildman–Crippen MR) is 54.1 cm³/mol. The molecule has 8 heteroatoms. The molecule has 0 spiro atoms. The zero-order chi connectivity index (χ0) is 13.2. The van der Waals surface area contributed by atoms with Crippen LogP contribution in [-0.2, 0) is 0 Å². The molecule has 0 unspecified atom stereocenters. The first kappa shape index (κ1) is 12.8. The molecule has 0 saturated carbocycles. The highest BCUT2D eigenvalue weighted by atomic mass is 19.3. The maximum atomic E-state index is 12.1. The second-order valence-corrected chi connectivity index (χ2v) is 3.07. The van der Waals surface area contributed by atoms with Crippen molar-refractivity contribution < 1.29 is 23.2 Å². The molecule has 0 amide bonds. The second-order valence-electron chi connectivity index (χ2n) is 3.07. The van der Waals surface area contributed by atoms with Crippen LogP contribution in [0.15, 0.2) is 12.1 Å². The highest BCUT2D eigenvalue weighted by Crippen LogP contribution is 2.35. The molecule has 1 aromatic rings. The van der Waals surface area contributed by atoms with Gasteiger partial charge in [-0.25, -0.2) is 0 Å². The molecule has 0 aliphatic carbocycles. The zero-order valence-corrected chi connectivity index (χ0v) is 8.65. The average Bonchev–Trinajstić information content (AvgIpc) is 2.19. The van der Waals surface area contributed by atoms with Gasteiger partial charge in [0.2, 0.25) is 0 Å². The monoisotopic (exact) mass is 246 g/mol. The Bertz CT molecular complexity index is 476. The topological polar surface area (TPSA) is 95.5 Å². The van der Waals surface area contributed by atoms with Crippen molar-refractivity contribution in [2.75, 3.05) is 5.73 Å². The number of carbonyl (C=O) groups is 1. The third kappa shape index (κ3) is 2.65. The van der Waals surface area contributed by atoms with Crippen LogP contribution in [0, 0.1) is 10.1 Å². The Morgan fingerprint density at radius 3 is 2.53 bits per heavy atom. The maximum Gasteiger partial charge on any atom is 0.387 e. The number of hydrogen-bond acceptors (Lipinski definition) is 5. The van der Waals surface area contributed by atoms with Gasteiger partial charge in [-0.3, -0.25) is 14.9 Å². The van der Waals surface area contributed by atoms with Crippen molar-refractivity contribution >= 4 is 17.2 Å². The number of ketones is 1. The third-order valence-electron chi connectivity index (χ3n) is 1.92. The van der Waals surface area contributed by atoms with Crippen molar-refractivity contribution in [2.45, 2.75) is 13.5 Å². The molecular weight excluding hydrogens is 238 g/mol. The molecule has 0 aromatic heterocycles. The lowest BCUT2D eigenvalue weighted by atomic mass is 10.1. The fraction of sp³-hybridized carbons (Fsp3) is 0.222. The van der Waals surface area contributed by atoms with E-state index in [-0.39, 0.29) is 5.69 Å². The van der Waals surface area contributed by atoms with E-state index in [9.17, 15) is 23.7 Å². The van der Waals surface area contributed by atoms with Crippen molar-refractivity contribution in [3.05, 3.63) is 27.8 Å². The van der Waals surface area contributed by atoms with Crippen LogP contribution < -0.4 is 10.5 Å². The van der Waals surface area contributed by atoms with Gasteiger partial charge in [-0.2, -0.15) is 8.78 Å². The summed E-state index contributed by atoms with van der Waals surface area (Å²) in [5.41, 5.74) is 3.90. The maximum absolute atomic E-state index is 12.1. The van der Waals surface area contributed by atoms with E-state index in [1.54, 1.807) is 0 Å². The summed E-state index contributed by atoms with van der Waals surface area (Å²) in [6, 6.07) is 1.99. The molecule has 92 valence electrons. The number of alkyl halides is 2. The number of carbonyl (C=O) groups excluding carboxylic acids is 1. The molecule has 0 aliphatic heterocycles. The SMILES string of the molecule is CC(=O)c1c([N+](=O)[O-])ccc(N)c1OC(F)F. The van der Waals surface area contributed by atoms with Crippen LogP contribution in [-0.4, -0.2) is 17.3 Å². The van der Waals surface area contributed by atoms with Gasteiger partial charge in [-0.05, 0) is 13.0 Å². The van der Waals surface area contributed by atoms with Crippen molar-refractivity contribution in [2.24, 2.45) is 0 Å². The van der Waals surface area contributed by atoms with E-state index >= 15 is 0 Å². The van der Waals surface area contributed by atoms with Crippen molar-refractivity contribution in [3.63, 3.8) is 0 Å². The number of nitro groups is 1. The molecule has 0 aliphatic rings. The molecule has 6 nitrogen and oxygen atoms in total. The van der Waals surface area contributed by atoms with Gasteiger partial charge < -0.3 is 10.5 Å². The molecule has 1 aromatic carbocycles. The first-order chi connectivity index (χ1) is 7.84. The van der Waals surface area contributed by atoms with Gasteiger partial charge in [0.25, 0.3) is 5.69 Å². The van der Waals surface area contributed by atoms with Gasteiger partial charge in [0.15, 0.2) is 11.5 Å². The molecular formula is C9H8F2N2O4. The summed E-state index contributed by atoms with van der Waals surface area (Å²) in [7, 11) is 0. The minimum absolute atomic E-state index is 0.263. The Balaban J connectivity index is 3.48. The van der Waals surface area contributed by atoms with Crippen LogP contribution in [0.1, 0.15) is 17.3 Å². The summed E-state index contributed by atoms with van der Waals surface area (Å²) in [5, 5.41) is 10.6. The summed E-state index contributed by atoms with van der Waals surface area (Å²) in [5.74, 6) is -1.44. The molecule has 0 heterocycles. The normalized spacial score (nSPS) is 10.4. The van der Waals surface area contributed by atoms with E-state index in [1.807, 2.05) is 0 Å². The highest BCUT2D eigenvalue weighted by molar-refractivity contribution is 6.02. The van der Waals surface area contributed by atoms with Gasteiger partial charge in [-0.1, -0.05) is 0 Å². The van der Waals surface area contributed by atoms with Crippen LogP contribution in [0.3, 0.4) is 0 Å². The number of rotatable bonds is 4. The minimum Gasteiger partial charge on any atom is -0.432 e. The summed E-state index contributed by atoms with van der Waals surface area (Å²) >= 11 is 0. The van der Waals surface area contributed by atoms with Gasteiger partial charge in [0.1, 0.15) is 5.56 Å². The standard InChI is InChI=1S/C9H8F2N2O4/c1-4(14)7-6(13(15)16)3-2-5(12)8(7)17-9(10)11/h2-3,9H,12H2,1H3. The number of nitrogens with zero attached hydrogens (tertiary/aromatic N) is 1. The van der Waals surface area contributed by atoms with E-state index in [0.717, 1.165) is 19.1 Å². The Hall–Kier alpha value is -2.25. The van der Waals surface area contributed by atoms with E-state index in [4.69, 9.17) is 5.73 Å². The molecule has 1 rings (SSSR count). The smallest absolute Gasteiger partial charge is 0.387 e. The van der Waals surface area contributed by atoms with Crippen LogP contribution in [0.25, 0.3) is 0 Å². The summed E-state index contributed by atoms with van der Waals surface area (Å²) < 4.78 is 28.3. The van der Waals surface area contributed by atoms with E-state index in [2.05, 4.69) is 4.74 Å². The molecule has 0 saturated heterocycles. The lowest BCUT2D eigenvalue weighted by molar-refractivity contribution is -0.385. The van der Waals surface area contributed by atoms with Gasteiger partial charge >= 0.3 is 6.61 Å². The van der Waals surface area contributed by atoms with Gasteiger partial charge in [0, 0.05) is 6.07 Å². The third-order valence-corrected chi connectivity index (χ3v) is 1.92. The number of benzene rings is 1. The number of Topliss-reactive ketones (excluding diaryl/α,β-unsaturated/α-hetero) is 1. The predicted octanol–water partition coefficient (Wildman–Crippen LogP) is 1.98. The summed E-state index contributed by atoms with van der Waals surface area (Å²) in [4.78, 5) is 21.0. The fourth-order valence-corrected chi connectivity index (χ4v) is 1.30. The number of ether oxygens (including phenoxy) is 1. The Labute approximate surface area is 94.1 Å². The highest BCUT2D eigenvalue weighted by Gasteiger charge is 2.26. The number of nitrogens with two attached hydrogens (primary N) is 1. The van der Waals surface area contributed by atoms with Crippen LogP contribution >= 0.6 is 0 Å². The Morgan fingerprint density at radius 1 is 1.53 bits per heavy atom. The average molecular weight is 246 g/mol. The number of nitrogen functional groups attached to an aromatic ring is 1. The van der Waals surface area contributed by atoms with Crippen LogP contribution in [0.4, 0.5) is 20.2 Å². The number of hydrogen-bond donors (Lipinski definition) is 1. The van der Waals surface area contributed by atoms with Crippen LogP contribution in [0.2, 0.25) is 0 Å². The van der Waals surface area contributed by atoms with Crippen molar-refractivity contribution in [3.8, 4) is 5.75 Å². The fourth-order valence-electron chi connectivity index (χ4n) is 1.30. The largest absolute Gasteiger partial charge is 0.432 e. The molecule has 0 fully saturated rings. The lowest BCUT2D eigenvalue weighted by Gasteiger charge is -2.11. The van der Waals surface area contributed by atoms with E-state index < -0.39 is 34.3 Å². The molecule has 0 bridgehead atoms. The quantitative estimate of drug-likeness (QED) is 0.379. The number of halogens is 2. The second kappa shape index (κ2) is 4.73. The lowest BCUT2D eigenvalue weighted by Crippen LogP contribution is -2.11. The number of nitro benzene ring substituents is 1. The summed E-state index contributed by atoms with van der Waals surface area (Å²) in [6.07, 6.45) is 0. The Kier molecular flexibility index (Phi) is 3.56. The molecule has 0 atom stereocenters. The molecule has 0 radical (unpaired) electrons. The van der Waals surface area contributed by atoms with Gasteiger partial charge in [0.05, 0.1) is 10.6 Å². The van der Waals surface area contributed by atoms with Crippen LogP contribution in [0.5, 0.6) is 5.75 Å². The number of anilines is 1. The van der Waals surface area contributed by atoms with E-state index in [0.29, 0.717) is 0 Å². The first-order valence-electron chi connectivity index (χ1n) is 4.37. The van der Waals surface area contributed by atoms with Crippen molar-refractivity contribution in [1.82, 2.24) is 0 Å². The Morgan fingerprint density at radius 2 is 2.12 bits per heavy atom. The molecule has 17 heavy (non-hydrogen) atoms. The van der Waals surface area contributed by atoms with Crippen molar-refractivity contribution in [1.29, 1.82) is 0 Å². The first-order valence-corrected chi connectivity index (χ1v) is 4.37. The van der Waals surface area contributed by atoms with E-state index in [1.165, 1.54) is 0 Å². The molecule has 2 N–H and O–H groups in total. The zero-order valence-electron chi connectivity index (χ0n) is 8.65. The van der Waals surface area contributed by atoms with Gasteiger partial charge in [-0.15, -0.1) is 0 Å².